The highest BCUT2D eigenvalue weighted by Gasteiger charge is 2.48. The van der Waals surface area contributed by atoms with Crippen molar-refractivity contribution < 1.29 is 56.2 Å². The fourth-order valence-electron chi connectivity index (χ4n) is 7.91. The van der Waals surface area contributed by atoms with Crippen LogP contribution in [-0.4, -0.2) is 97.5 Å². The normalized spacial score (nSPS) is 19.8. The average molecular weight is 1010 g/mol. The maximum Gasteiger partial charge on any atom is 0.397 e. The summed E-state index contributed by atoms with van der Waals surface area (Å²) >= 11 is 0. The number of unbranched alkanes of at least 4 members (excludes halogenated alkanes) is 20. The van der Waals surface area contributed by atoms with E-state index in [0.717, 1.165) is 77.0 Å². The summed E-state index contributed by atoms with van der Waals surface area (Å²) < 4.78 is 59.3. The number of hydrogen-bond donors (Lipinski definition) is 4. The molecule has 0 saturated carbocycles. The quantitative estimate of drug-likeness (QED) is 0.0197. The van der Waals surface area contributed by atoms with Crippen LogP contribution in [0.25, 0.3) is 0 Å². The Hall–Kier alpha value is -2.72. The van der Waals surface area contributed by atoms with Gasteiger partial charge in [-0.15, -0.1) is 0 Å². The molecule has 0 bridgehead atoms. The minimum Gasteiger partial charge on any atom is -0.457 e. The van der Waals surface area contributed by atoms with E-state index >= 15 is 0 Å². The van der Waals surface area contributed by atoms with Crippen LogP contribution < -0.4 is 0 Å². The van der Waals surface area contributed by atoms with Crippen molar-refractivity contribution in [3.63, 3.8) is 0 Å². The molecule has 70 heavy (non-hydrogen) atoms. The highest BCUT2D eigenvalue weighted by molar-refractivity contribution is 7.80. The number of rotatable bonds is 47. The Morgan fingerprint density at radius 2 is 0.986 bits per heavy atom. The summed E-state index contributed by atoms with van der Waals surface area (Å²) in [5.74, 6) is -0.432. The van der Waals surface area contributed by atoms with Gasteiger partial charge in [0.15, 0.2) is 6.29 Å². The van der Waals surface area contributed by atoms with E-state index in [1.54, 1.807) is 0 Å². The molecule has 1 aliphatic heterocycles. The molecular formula is C57H98O12S. The lowest BCUT2D eigenvalue weighted by Crippen LogP contribution is -2.60. The topological polar surface area (TPSA) is 178 Å². The van der Waals surface area contributed by atoms with Crippen molar-refractivity contribution in [1.82, 2.24) is 0 Å². The van der Waals surface area contributed by atoms with E-state index in [-0.39, 0.29) is 19.6 Å². The van der Waals surface area contributed by atoms with Crippen molar-refractivity contribution in [3.05, 3.63) is 85.1 Å². The summed E-state index contributed by atoms with van der Waals surface area (Å²) in [5, 5.41) is 30.8. The van der Waals surface area contributed by atoms with Crippen LogP contribution >= 0.6 is 0 Å². The second kappa shape index (κ2) is 47.3. The molecule has 1 saturated heterocycles. The fourth-order valence-corrected chi connectivity index (χ4v) is 8.41. The van der Waals surface area contributed by atoms with Crippen LogP contribution in [0.5, 0.6) is 0 Å². The maximum atomic E-state index is 12.9. The lowest BCUT2D eigenvalue weighted by atomic mass is 9.99. The van der Waals surface area contributed by atoms with Gasteiger partial charge in [0.1, 0.15) is 30.5 Å². The lowest BCUT2D eigenvalue weighted by Gasteiger charge is -2.41. The highest BCUT2D eigenvalue weighted by atomic mass is 32.3. The molecule has 1 heterocycles. The fraction of sp³-hybridized carbons (Fsp3) is 0.737. The summed E-state index contributed by atoms with van der Waals surface area (Å²) in [4.78, 5) is 12.9. The van der Waals surface area contributed by atoms with Crippen molar-refractivity contribution in [2.45, 2.75) is 243 Å². The van der Waals surface area contributed by atoms with E-state index in [4.69, 9.17) is 18.9 Å². The van der Waals surface area contributed by atoms with E-state index in [9.17, 15) is 33.1 Å². The molecule has 0 aromatic carbocycles. The number of ether oxygens (including phenoxy) is 4. The van der Waals surface area contributed by atoms with Crippen molar-refractivity contribution in [3.8, 4) is 0 Å². The van der Waals surface area contributed by atoms with Gasteiger partial charge in [-0.25, -0.2) is 4.18 Å². The number of allylic oxidation sites excluding steroid dienone is 14. The zero-order valence-corrected chi connectivity index (χ0v) is 44.4. The first-order valence-electron chi connectivity index (χ1n) is 27.3. The van der Waals surface area contributed by atoms with Gasteiger partial charge in [0.2, 0.25) is 0 Å². The molecule has 0 aliphatic carbocycles. The molecular weight excluding hydrogens is 909 g/mol. The Bertz CT molecular complexity index is 1540. The predicted octanol–water partition coefficient (Wildman–Crippen LogP) is 13.2. The first-order chi connectivity index (χ1) is 34.1. The molecule has 404 valence electrons. The average Bonchev–Trinajstić information content (AvgIpc) is 3.34. The maximum absolute atomic E-state index is 12.9. The van der Waals surface area contributed by atoms with Gasteiger partial charge in [0.05, 0.1) is 19.8 Å². The Morgan fingerprint density at radius 3 is 1.44 bits per heavy atom. The van der Waals surface area contributed by atoms with Gasteiger partial charge < -0.3 is 34.3 Å². The van der Waals surface area contributed by atoms with Crippen LogP contribution in [0.2, 0.25) is 0 Å². The van der Waals surface area contributed by atoms with Crippen molar-refractivity contribution >= 4 is 16.4 Å². The Labute approximate surface area is 425 Å². The van der Waals surface area contributed by atoms with Crippen LogP contribution in [0.1, 0.15) is 206 Å². The van der Waals surface area contributed by atoms with Crippen LogP contribution in [0.4, 0.5) is 0 Å². The largest absolute Gasteiger partial charge is 0.457 e. The molecule has 1 fully saturated rings. The zero-order chi connectivity index (χ0) is 51.0. The smallest absolute Gasteiger partial charge is 0.397 e. The van der Waals surface area contributed by atoms with Crippen molar-refractivity contribution in [2.75, 3.05) is 26.4 Å². The third kappa shape index (κ3) is 39.8. The lowest BCUT2D eigenvalue weighted by molar-refractivity contribution is -0.301. The molecule has 12 nitrogen and oxygen atoms in total. The minimum atomic E-state index is -5.08. The zero-order valence-electron chi connectivity index (χ0n) is 43.6. The Kier molecular flexibility index (Phi) is 44.1. The summed E-state index contributed by atoms with van der Waals surface area (Å²) in [6, 6.07) is 0. The van der Waals surface area contributed by atoms with Gasteiger partial charge in [-0.1, -0.05) is 195 Å². The van der Waals surface area contributed by atoms with Gasteiger partial charge in [-0.05, 0) is 89.9 Å². The summed E-state index contributed by atoms with van der Waals surface area (Å²) in [6.45, 7) is 3.83. The Balaban J connectivity index is 2.35. The molecule has 0 aromatic heterocycles. The first kappa shape index (κ1) is 65.3. The number of aliphatic hydroxyl groups is 3. The minimum absolute atomic E-state index is 0.0171. The highest BCUT2D eigenvalue weighted by Crippen LogP contribution is 2.26. The predicted molar refractivity (Wildman–Crippen MR) is 285 cm³/mol. The van der Waals surface area contributed by atoms with E-state index in [1.807, 2.05) is 0 Å². The third-order valence-electron chi connectivity index (χ3n) is 12.0. The molecule has 1 rings (SSSR count). The van der Waals surface area contributed by atoms with Gasteiger partial charge in [-0.2, -0.15) is 8.42 Å². The van der Waals surface area contributed by atoms with Crippen LogP contribution in [-0.2, 0) is 38.3 Å². The number of carbonyl (C=O) groups excluding carboxylic acids is 1. The van der Waals surface area contributed by atoms with Gasteiger partial charge in [-0.3, -0.25) is 9.35 Å². The number of esters is 1. The molecule has 0 spiro atoms. The van der Waals surface area contributed by atoms with Gasteiger partial charge in [0, 0.05) is 13.0 Å². The van der Waals surface area contributed by atoms with Crippen LogP contribution in [0.15, 0.2) is 85.1 Å². The molecule has 4 N–H and O–H groups in total. The standard InChI is InChI=1S/C57H98O12S/c1-3-5-7-9-11-13-15-17-19-21-23-24-25-26-27-29-31-33-35-37-39-41-43-45-47-65-49-51(50-66-57-55(61)56(69-70(62,63)64)54(60)52(48-58)68-57)67-53(59)46-44-42-40-38-36-34-32-30-28-22-20-18-16-14-12-10-8-6-4-2/h6,8,12,14-15,17-18,20-21,23,28,30,34,36,51-52,54-58,60-61H,3-5,7,9-11,13,16,19,22,24-27,29,31-33,35,37-50H2,1-2H3,(H,62,63,64)/b8-6-,14-12-,17-15-,20-18-,23-21-,30-28-,36-34-. The first-order valence-corrected chi connectivity index (χ1v) is 28.7. The molecule has 6 atom stereocenters. The Morgan fingerprint density at radius 1 is 0.557 bits per heavy atom. The second-order valence-electron chi connectivity index (χ2n) is 18.4. The third-order valence-corrected chi connectivity index (χ3v) is 12.5. The number of hydrogen-bond acceptors (Lipinski definition) is 11. The number of aliphatic hydroxyl groups excluding tert-OH is 3. The van der Waals surface area contributed by atoms with E-state index in [1.165, 1.54) is 103 Å². The van der Waals surface area contributed by atoms with E-state index in [0.29, 0.717) is 13.0 Å². The van der Waals surface area contributed by atoms with Crippen LogP contribution in [0.3, 0.4) is 0 Å². The summed E-state index contributed by atoms with van der Waals surface area (Å²) in [5.41, 5.74) is 0. The molecule has 6 unspecified atom stereocenters. The molecule has 0 aromatic rings. The van der Waals surface area contributed by atoms with Crippen molar-refractivity contribution in [1.29, 1.82) is 0 Å². The van der Waals surface area contributed by atoms with E-state index in [2.05, 4.69) is 103 Å². The monoisotopic (exact) mass is 1010 g/mol. The SMILES string of the molecule is CC/C=C\C/C=C\C/C=C\C/C=C\C/C=C\CCCCCC(=O)OC(COCCCCCCCCCCCCCC/C=C\C/C=C\CCCCCCC)COC1OC(CO)C(O)C(OS(=O)(=O)O)C1O. The van der Waals surface area contributed by atoms with Gasteiger partial charge in [0.25, 0.3) is 0 Å². The summed E-state index contributed by atoms with van der Waals surface area (Å²) in [6.07, 6.45) is 54.7. The number of carbonyl (C=O) groups is 1. The molecule has 13 heteroatoms. The van der Waals surface area contributed by atoms with Crippen molar-refractivity contribution in [2.24, 2.45) is 0 Å². The summed E-state index contributed by atoms with van der Waals surface area (Å²) in [7, 11) is -5.08. The molecule has 0 amide bonds. The van der Waals surface area contributed by atoms with E-state index < -0.39 is 59.8 Å². The van der Waals surface area contributed by atoms with Gasteiger partial charge >= 0.3 is 16.4 Å². The molecule has 1 aliphatic rings. The van der Waals surface area contributed by atoms with Crippen LogP contribution in [0, 0.1) is 0 Å². The second-order valence-corrected chi connectivity index (χ2v) is 19.5. The molecule has 0 radical (unpaired) electrons.